The van der Waals surface area contributed by atoms with E-state index in [9.17, 15) is 23.2 Å². The summed E-state index contributed by atoms with van der Waals surface area (Å²) in [6.07, 6.45) is -2.87. The van der Waals surface area contributed by atoms with Gasteiger partial charge in [0.1, 0.15) is 6.07 Å². The Morgan fingerprint density at radius 3 is 2.22 bits per heavy atom. The van der Waals surface area contributed by atoms with E-state index in [1.54, 1.807) is 31.4 Å². The first kappa shape index (κ1) is 39.6. The van der Waals surface area contributed by atoms with Crippen molar-refractivity contribution in [3.8, 4) is 27.8 Å². The Morgan fingerprint density at radius 2 is 1.67 bits per heavy atom. The van der Waals surface area contributed by atoms with Crippen LogP contribution in [-0.4, -0.2) is 22.1 Å². The van der Waals surface area contributed by atoms with Crippen LogP contribution in [0.2, 0.25) is 0 Å². The third-order valence-corrected chi connectivity index (χ3v) is 9.33. The van der Waals surface area contributed by atoms with Crippen LogP contribution in [0.15, 0.2) is 60.5 Å². The quantitative estimate of drug-likeness (QED) is 0.109. The van der Waals surface area contributed by atoms with E-state index in [1.165, 1.54) is 38.1 Å². The van der Waals surface area contributed by atoms with Crippen molar-refractivity contribution in [2.24, 2.45) is 5.92 Å². The molecule has 0 fully saturated rings. The number of hydrogen-bond acceptors (Lipinski definition) is 5. The molecule has 259 valence electrons. The van der Waals surface area contributed by atoms with Crippen LogP contribution in [0.25, 0.3) is 42.6 Å². The average Bonchev–Trinajstić information content (AvgIpc) is 3.31. The second-order valence-corrected chi connectivity index (χ2v) is 14.7. The Labute approximate surface area is 304 Å². The van der Waals surface area contributed by atoms with Gasteiger partial charge in [-0.1, -0.05) is 81.5 Å². The van der Waals surface area contributed by atoms with Crippen molar-refractivity contribution < 1.29 is 43.2 Å². The number of nitrogens with zero attached hydrogens (tertiary/aromatic N) is 2. The van der Waals surface area contributed by atoms with Gasteiger partial charge in [0.05, 0.1) is 11.3 Å². The Bertz CT molecular complexity index is 2070. The van der Waals surface area contributed by atoms with E-state index in [0.717, 1.165) is 32.3 Å². The van der Waals surface area contributed by atoms with E-state index in [2.05, 4.69) is 103 Å². The summed E-state index contributed by atoms with van der Waals surface area (Å²) in [5.74, 6) is -2.54. The molecule has 0 spiro atoms. The first-order chi connectivity index (χ1) is 22.3. The number of alkyl halides is 3. The van der Waals surface area contributed by atoms with Crippen molar-refractivity contribution >= 4 is 38.0 Å². The molecular weight excluding hydrogens is 822 g/mol. The second kappa shape index (κ2) is 15.4. The van der Waals surface area contributed by atoms with Gasteiger partial charge in [0.2, 0.25) is 0 Å². The fourth-order valence-corrected chi connectivity index (χ4v) is 7.51. The Morgan fingerprint density at radius 1 is 1.06 bits per heavy atom. The van der Waals surface area contributed by atoms with Crippen LogP contribution in [0.1, 0.15) is 74.4 Å². The van der Waals surface area contributed by atoms with Crippen LogP contribution in [0.4, 0.5) is 13.2 Å². The molecule has 0 aliphatic rings. The summed E-state index contributed by atoms with van der Waals surface area (Å²) in [7, 11) is 0. The molecule has 1 N–H and O–H groups in total. The normalized spacial score (nSPS) is 12.0. The van der Waals surface area contributed by atoms with Gasteiger partial charge in [-0.25, -0.2) is 0 Å². The number of aryl methyl sites for hydroxylation is 4. The van der Waals surface area contributed by atoms with Crippen molar-refractivity contribution in [3.05, 3.63) is 99.9 Å². The smallest absolute Gasteiger partial charge is 0.454 e. The number of aromatic nitrogens is 1. The number of nitriles is 1. The van der Waals surface area contributed by atoms with Crippen LogP contribution in [0, 0.1) is 51.0 Å². The summed E-state index contributed by atoms with van der Waals surface area (Å²) in [5, 5.41) is 22.2. The van der Waals surface area contributed by atoms with E-state index < -0.39 is 17.7 Å². The predicted octanol–water partition coefficient (Wildman–Crippen LogP) is 11.6. The summed E-state index contributed by atoms with van der Waals surface area (Å²) < 4.78 is 36.0. The van der Waals surface area contributed by atoms with Gasteiger partial charge in [-0.3, -0.25) is 9.78 Å². The number of ketones is 1. The number of fused-ring (bicyclic) bond motifs is 2. The molecule has 0 bridgehead atoms. The van der Waals surface area contributed by atoms with Gasteiger partial charge in [0.25, 0.3) is 5.78 Å². The molecule has 0 amide bonds. The molecule has 0 saturated carbocycles. The van der Waals surface area contributed by atoms with Crippen LogP contribution < -0.4 is 0 Å². The van der Waals surface area contributed by atoms with Crippen LogP contribution >= 0.6 is 11.3 Å². The average molecular weight is 862 g/mol. The van der Waals surface area contributed by atoms with Gasteiger partial charge in [-0.15, -0.1) is 40.5 Å². The van der Waals surface area contributed by atoms with Crippen molar-refractivity contribution in [1.82, 2.24) is 4.98 Å². The van der Waals surface area contributed by atoms with Gasteiger partial charge in [0, 0.05) is 59.5 Å². The molecule has 0 atom stereocenters. The van der Waals surface area contributed by atoms with Crippen molar-refractivity contribution in [2.45, 2.75) is 80.3 Å². The zero-order valence-electron chi connectivity index (χ0n) is 29.1. The van der Waals surface area contributed by atoms with E-state index in [1.807, 2.05) is 0 Å². The van der Waals surface area contributed by atoms with Gasteiger partial charge >= 0.3 is 6.18 Å². The number of pyridine rings is 1. The number of allylic oxidation sites excluding steroid dienone is 2. The van der Waals surface area contributed by atoms with E-state index >= 15 is 0 Å². The topological polar surface area (TPSA) is 74.0 Å². The second-order valence-electron chi connectivity index (χ2n) is 13.7. The van der Waals surface area contributed by atoms with Crippen LogP contribution in [0.3, 0.4) is 0 Å². The number of benzene rings is 3. The van der Waals surface area contributed by atoms with E-state index in [-0.39, 0.29) is 43.9 Å². The minimum Gasteiger partial charge on any atom is -0.512 e. The first-order valence-corrected chi connectivity index (χ1v) is 16.5. The fourth-order valence-electron chi connectivity index (χ4n) is 6.00. The van der Waals surface area contributed by atoms with Crippen LogP contribution in [0.5, 0.6) is 0 Å². The monoisotopic (exact) mass is 862 g/mol. The molecule has 5 rings (SSSR count). The molecule has 49 heavy (non-hydrogen) atoms. The van der Waals surface area contributed by atoms with Gasteiger partial charge in [0.15, 0.2) is 0 Å². The number of aliphatic hydroxyl groups is 1. The molecular formula is C40H40F3IrN2O2S-. The molecule has 0 aliphatic carbocycles. The number of carbonyl (C=O) groups excluding carboxylic acids is 1. The maximum Gasteiger partial charge on any atom is 0.454 e. The Kier molecular flexibility index (Phi) is 12.4. The molecule has 2 aromatic heterocycles. The van der Waals surface area contributed by atoms with Crippen LogP contribution in [-0.2, 0) is 30.3 Å². The molecule has 0 aliphatic heterocycles. The summed E-state index contributed by atoms with van der Waals surface area (Å²) in [6, 6.07) is 21.2. The molecule has 2 heterocycles. The largest absolute Gasteiger partial charge is 0.512 e. The minimum atomic E-state index is -4.90. The van der Waals surface area contributed by atoms with Crippen molar-refractivity contribution in [2.75, 3.05) is 0 Å². The Hall–Kier alpha value is -3.83. The molecule has 9 heteroatoms. The van der Waals surface area contributed by atoms with Crippen molar-refractivity contribution in [1.29, 1.82) is 5.26 Å². The number of halogens is 3. The third kappa shape index (κ3) is 8.86. The fraction of sp³-hybridized carbons (Fsp3) is 0.325. The van der Waals surface area contributed by atoms with E-state index in [4.69, 9.17) is 10.1 Å². The van der Waals surface area contributed by atoms with Crippen molar-refractivity contribution in [3.63, 3.8) is 0 Å². The molecule has 0 saturated heterocycles. The summed E-state index contributed by atoms with van der Waals surface area (Å²) in [5.41, 5.74) is 9.96. The van der Waals surface area contributed by atoms with Gasteiger partial charge in [-0.05, 0) is 61.3 Å². The molecule has 4 nitrogen and oxygen atoms in total. The third-order valence-electron chi connectivity index (χ3n) is 8.01. The summed E-state index contributed by atoms with van der Waals surface area (Å²) >= 11 is 1.75. The molecule has 3 aromatic carbocycles. The zero-order valence-corrected chi connectivity index (χ0v) is 32.3. The maximum absolute atomic E-state index is 11.6. The summed E-state index contributed by atoms with van der Waals surface area (Å²) in [4.78, 5) is 16.4. The molecule has 1 radical (unpaired) electrons. The number of rotatable bonds is 5. The summed E-state index contributed by atoms with van der Waals surface area (Å²) in [6.45, 7) is 18.8. The number of carbonyl (C=O) groups is 1. The molecule has 0 unspecified atom stereocenters. The minimum absolute atomic E-state index is 0. The SMILES string of the molecule is CC(C)C/C(O)=C/C(=O)C(F)(F)F.Cc1cc(C)c(-c2sc3c(-c4[c-]c5ccccc5c(C(C)(C)C)c4)ncc(C#N)c3c2C)c(C)c1.[Ir]. The molecule has 5 aromatic rings. The zero-order chi connectivity index (χ0) is 35.7. The van der Waals surface area contributed by atoms with E-state index in [0.29, 0.717) is 5.56 Å². The Balaban J connectivity index is 0.000000398. The maximum atomic E-state index is 11.6. The number of hydrogen-bond donors (Lipinski definition) is 1. The number of thiophene rings is 1. The van der Waals surface area contributed by atoms with Gasteiger partial charge < -0.3 is 5.11 Å². The first-order valence-electron chi connectivity index (χ1n) is 15.7. The standard InChI is InChI=1S/C32H29N2S.C8H11F3O2.Ir/c1-18-12-19(2)27(20(3)13-18)30-21(4)28-24(16-33)17-34-29(31(28)35-30)23-14-22-10-8-9-11-25(22)26(15-23)32(5,6)7;1-5(2)3-6(12)4-7(13)8(9,10)11;/h8-13,15,17H,1-7H3;4-5,12H,3H2,1-2H3;/q-1;;/b;6-4-;. The predicted molar refractivity (Wildman–Crippen MR) is 190 cm³/mol. The number of aliphatic hydroxyl groups excluding tert-OH is 1. The van der Waals surface area contributed by atoms with Gasteiger partial charge in [-0.2, -0.15) is 18.4 Å².